The minimum Gasteiger partial charge on any atom is -0.236 e. The lowest BCUT2D eigenvalue weighted by atomic mass is 9.90. The van der Waals surface area contributed by atoms with E-state index in [1.165, 1.54) is 19.3 Å². The average Bonchev–Trinajstić information content (AvgIpc) is 1.89. The van der Waals surface area contributed by atoms with Gasteiger partial charge in [0.05, 0.1) is 6.61 Å². The van der Waals surface area contributed by atoms with Gasteiger partial charge in [0, 0.05) is 4.83 Å². The fourth-order valence-corrected chi connectivity index (χ4v) is 2.09. The Morgan fingerprint density at radius 1 is 1.33 bits per heavy atom. The number of hydrogen-bond donors (Lipinski definition) is 0. The van der Waals surface area contributed by atoms with Crippen LogP contribution in [0.1, 0.15) is 25.7 Å². The van der Waals surface area contributed by atoms with E-state index in [0.717, 1.165) is 6.42 Å². The Kier molecular flexibility index (Phi) is 2.99. The van der Waals surface area contributed by atoms with Gasteiger partial charge in [-0.3, -0.25) is 0 Å². The lowest BCUT2D eigenvalue weighted by Crippen LogP contribution is -2.21. The third-order valence-electron chi connectivity index (χ3n) is 2.03. The first-order valence-corrected chi connectivity index (χ1v) is 4.48. The highest BCUT2D eigenvalue weighted by Crippen LogP contribution is 2.29. The Morgan fingerprint density at radius 2 is 2.00 bits per heavy atom. The molecule has 53 valence electrons. The van der Waals surface area contributed by atoms with Crippen LogP contribution in [0.3, 0.4) is 0 Å². The van der Waals surface area contributed by atoms with Crippen molar-refractivity contribution in [3.8, 4) is 0 Å². The molecule has 9 heavy (non-hydrogen) atoms. The van der Waals surface area contributed by atoms with Gasteiger partial charge in [0.15, 0.2) is 0 Å². The van der Waals surface area contributed by atoms with Crippen molar-refractivity contribution in [2.45, 2.75) is 30.5 Å². The standard InChI is InChI=1S/C7H12BrO/c8-7-4-2-1-3-6(7)5-9/h6-7H,1-5H2. The number of hydrogen-bond acceptors (Lipinski definition) is 0. The van der Waals surface area contributed by atoms with Crippen molar-refractivity contribution in [2.75, 3.05) is 6.61 Å². The summed E-state index contributed by atoms with van der Waals surface area (Å²) in [5.74, 6) is 0.416. The first-order chi connectivity index (χ1) is 4.34. The van der Waals surface area contributed by atoms with Gasteiger partial charge in [-0.15, -0.1) is 0 Å². The second kappa shape index (κ2) is 3.57. The molecule has 0 aromatic heterocycles. The highest BCUT2D eigenvalue weighted by atomic mass is 79.9. The summed E-state index contributed by atoms with van der Waals surface area (Å²) in [6.07, 6.45) is 4.90. The van der Waals surface area contributed by atoms with Gasteiger partial charge in [-0.2, -0.15) is 0 Å². The first kappa shape index (κ1) is 7.55. The molecule has 1 aliphatic rings. The smallest absolute Gasteiger partial charge is 0.0861 e. The molecule has 1 nitrogen and oxygen atoms in total. The van der Waals surface area contributed by atoms with Crippen molar-refractivity contribution >= 4 is 15.9 Å². The molecule has 0 aromatic rings. The molecule has 0 N–H and O–H groups in total. The summed E-state index contributed by atoms with van der Waals surface area (Å²) in [7, 11) is 0. The second-order valence-corrected chi connectivity index (χ2v) is 3.90. The second-order valence-electron chi connectivity index (χ2n) is 2.73. The quantitative estimate of drug-likeness (QED) is 0.568. The summed E-state index contributed by atoms with van der Waals surface area (Å²) in [5.41, 5.74) is 0. The minimum atomic E-state index is 0.107. The summed E-state index contributed by atoms with van der Waals surface area (Å²) < 4.78 is 0. The Labute approximate surface area is 64.6 Å². The maximum atomic E-state index is 10.5. The van der Waals surface area contributed by atoms with Crippen LogP contribution in [0.5, 0.6) is 0 Å². The highest BCUT2D eigenvalue weighted by Gasteiger charge is 2.21. The molecule has 1 fully saturated rings. The molecule has 0 heterocycles. The molecule has 2 unspecified atom stereocenters. The summed E-state index contributed by atoms with van der Waals surface area (Å²) in [4.78, 5) is 0.517. The van der Waals surface area contributed by atoms with E-state index in [9.17, 15) is 5.11 Å². The molecular weight excluding hydrogens is 180 g/mol. The summed E-state index contributed by atoms with van der Waals surface area (Å²) >= 11 is 3.51. The van der Waals surface area contributed by atoms with Crippen LogP contribution in [0.25, 0.3) is 0 Å². The van der Waals surface area contributed by atoms with Gasteiger partial charge in [0.1, 0.15) is 0 Å². The predicted molar refractivity (Wildman–Crippen MR) is 40.2 cm³/mol. The predicted octanol–water partition coefficient (Wildman–Crippen LogP) is 2.37. The lowest BCUT2D eigenvalue weighted by Gasteiger charge is -2.24. The molecular formula is C7H12BrO. The van der Waals surface area contributed by atoms with Crippen LogP contribution in [0.15, 0.2) is 0 Å². The zero-order valence-electron chi connectivity index (χ0n) is 5.48. The monoisotopic (exact) mass is 191 g/mol. The molecule has 1 rings (SSSR count). The zero-order valence-corrected chi connectivity index (χ0v) is 7.06. The van der Waals surface area contributed by atoms with E-state index in [1.807, 2.05) is 0 Å². The van der Waals surface area contributed by atoms with Gasteiger partial charge in [-0.05, 0) is 18.8 Å². The van der Waals surface area contributed by atoms with E-state index in [1.54, 1.807) is 0 Å². The fraction of sp³-hybridized carbons (Fsp3) is 1.00. The third-order valence-corrected chi connectivity index (χ3v) is 3.24. The molecule has 2 atom stereocenters. The van der Waals surface area contributed by atoms with Crippen LogP contribution in [0, 0.1) is 5.92 Å². The van der Waals surface area contributed by atoms with E-state index >= 15 is 0 Å². The molecule has 1 aliphatic carbocycles. The van der Waals surface area contributed by atoms with Crippen LogP contribution in [-0.2, 0) is 5.11 Å². The molecule has 0 spiro atoms. The van der Waals surface area contributed by atoms with Gasteiger partial charge in [-0.25, -0.2) is 5.11 Å². The van der Waals surface area contributed by atoms with E-state index in [0.29, 0.717) is 10.7 Å². The first-order valence-electron chi connectivity index (χ1n) is 3.56. The Hall–Kier alpha value is 0.440. The van der Waals surface area contributed by atoms with Crippen molar-refractivity contribution in [1.82, 2.24) is 0 Å². The van der Waals surface area contributed by atoms with Gasteiger partial charge in [0.25, 0.3) is 0 Å². The number of alkyl halides is 1. The van der Waals surface area contributed by atoms with Crippen LogP contribution in [-0.4, -0.2) is 11.4 Å². The SMILES string of the molecule is [O]CC1CCCCC1Br. The van der Waals surface area contributed by atoms with Gasteiger partial charge in [0.2, 0.25) is 0 Å². The van der Waals surface area contributed by atoms with E-state index in [4.69, 9.17) is 0 Å². The molecule has 0 amide bonds. The number of rotatable bonds is 1. The van der Waals surface area contributed by atoms with Crippen LogP contribution < -0.4 is 0 Å². The number of halogens is 1. The van der Waals surface area contributed by atoms with Crippen molar-refractivity contribution in [1.29, 1.82) is 0 Å². The Bertz CT molecular complexity index is 85.0. The van der Waals surface area contributed by atoms with E-state index in [-0.39, 0.29) is 6.61 Å². The molecule has 2 heteroatoms. The normalized spacial score (nSPS) is 36.7. The summed E-state index contributed by atoms with van der Waals surface area (Å²) in [6, 6.07) is 0. The topological polar surface area (TPSA) is 19.9 Å². The van der Waals surface area contributed by atoms with Gasteiger partial charge >= 0.3 is 0 Å². The van der Waals surface area contributed by atoms with Crippen molar-refractivity contribution in [3.05, 3.63) is 0 Å². The summed E-state index contributed by atoms with van der Waals surface area (Å²) in [5, 5.41) is 10.5. The van der Waals surface area contributed by atoms with Gasteiger partial charge < -0.3 is 0 Å². The minimum absolute atomic E-state index is 0.107. The molecule has 1 radical (unpaired) electrons. The largest absolute Gasteiger partial charge is 0.236 e. The molecule has 0 aromatic carbocycles. The lowest BCUT2D eigenvalue weighted by molar-refractivity contribution is 0.126. The molecule has 1 saturated carbocycles. The van der Waals surface area contributed by atoms with Crippen molar-refractivity contribution in [3.63, 3.8) is 0 Å². The van der Waals surface area contributed by atoms with Gasteiger partial charge in [-0.1, -0.05) is 28.8 Å². The average molecular weight is 192 g/mol. The molecule has 0 bridgehead atoms. The molecule has 0 saturated heterocycles. The van der Waals surface area contributed by atoms with Crippen LogP contribution >= 0.6 is 15.9 Å². The maximum absolute atomic E-state index is 10.5. The maximum Gasteiger partial charge on any atom is 0.0861 e. The van der Waals surface area contributed by atoms with Crippen LogP contribution in [0.2, 0.25) is 0 Å². The molecule has 0 aliphatic heterocycles. The van der Waals surface area contributed by atoms with Crippen molar-refractivity contribution in [2.24, 2.45) is 5.92 Å². The summed E-state index contributed by atoms with van der Waals surface area (Å²) in [6.45, 7) is 0.107. The van der Waals surface area contributed by atoms with E-state index < -0.39 is 0 Å². The van der Waals surface area contributed by atoms with Crippen molar-refractivity contribution < 1.29 is 5.11 Å². The fourth-order valence-electron chi connectivity index (χ4n) is 1.35. The third kappa shape index (κ3) is 1.94. The highest BCUT2D eigenvalue weighted by molar-refractivity contribution is 9.09. The van der Waals surface area contributed by atoms with E-state index in [2.05, 4.69) is 15.9 Å². The Morgan fingerprint density at radius 3 is 2.44 bits per heavy atom. The zero-order chi connectivity index (χ0) is 6.69. The van der Waals surface area contributed by atoms with Crippen LogP contribution in [0.4, 0.5) is 0 Å². The Balaban J connectivity index is 2.30.